The third-order valence-corrected chi connectivity index (χ3v) is 6.57. The lowest BCUT2D eigenvalue weighted by molar-refractivity contribution is 0.0781. The molecule has 2 N–H and O–H groups in total. The molecule has 190 valence electrons. The topological polar surface area (TPSA) is 141 Å². The first kappa shape index (κ1) is 25.3. The van der Waals surface area contributed by atoms with Gasteiger partial charge < -0.3 is 19.2 Å². The number of hydrogen-bond acceptors (Lipinski definition) is 9. The summed E-state index contributed by atoms with van der Waals surface area (Å²) in [5.74, 6) is -1.32. The molecular formula is C21H19ClF2N6O5S. The van der Waals surface area contributed by atoms with Crippen LogP contribution in [0.5, 0.6) is 17.5 Å². The molecule has 0 fully saturated rings. The number of benzene rings is 1. The number of nitrogens with zero attached hydrogens (tertiary/aromatic N) is 4. The maximum Gasteiger partial charge on any atom is 0.272 e. The van der Waals surface area contributed by atoms with E-state index in [2.05, 4.69) is 29.6 Å². The van der Waals surface area contributed by atoms with Gasteiger partial charge in [-0.1, -0.05) is 11.6 Å². The molecule has 11 nitrogen and oxygen atoms in total. The van der Waals surface area contributed by atoms with Crippen molar-refractivity contribution < 1.29 is 31.4 Å². The Labute approximate surface area is 208 Å². The number of rotatable bonds is 9. The molecule has 3 heterocycles. The quantitative estimate of drug-likeness (QED) is 0.324. The van der Waals surface area contributed by atoms with Gasteiger partial charge in [0.05, 0.1) is 30.5 Å². The number of fused-ring (bicyclic) bond motifs is 1. The van der Waals surface area contributed by atoms with Gasteiger partial charge in [0.25, 0.3) is 28.2 Å². The summed E-state index contributed by atoms with van der Waals surface area (Å²) in [5.41, 5.74) is 2.15. The van der Waals surface area contributed by atoms with Crippen LogP contribution >= 0.6 is 11.6 Å². The smallest absolute Gasteiger partial charge is 0.272 e. The Kier molecular flexibility index (Phi) is 7.08. The van der Waals surface area contributed by atoms with E-state index in [0.717, 1.165) is 0 Å². The molecule has 0 radical (unpaired) electrons. The van der Waals surface area contributed by atoms with Crippen molar-refractivity contribution >= 4 is 38.5 Å². The Balaban J connectivity index is 1.75. The number of aromatic amines is 1. The van der Waals surface area contributed by atoms with Crippen LogP contribution < -0.4 is 18.9 Å². The lowest BCUT2D eigenvalue weighted by Gasteiger charge is -2.14. The molecule has 0 saturated heterocycles. The minimum atomic E-state index is -4.26. The number of methoxy groups -OCH3 is 2. The molecule has 0 aliphatic carbocycles. The Morgan fingerprint density at radius 3 is 2.44 bits per heavy atom. The molecule has 0 unspecified atom stereocenters. The number of nitrogens with one attached hydrogen (secondary N) is 2. The number of ether oxygens (including phenoxy) is 3. The van der Waals surface area contributed by atoms with E-state index < -0.39 is 29.0 Å². The molecule has 0 aliphatic heterocycles. The highest BCUT2D eigenvalue weighted by Crippen LogP contribution is 2.38. The summed E-state index contributed by atoms with van der Waals surface area (Å²) in [5, 5.41) is 0.686. The van der Waals surface area contributed by atoms with E-state index in [1.54, 1.807) is 25.1 Å². The van der Waals surface area contributed by atoms with Crippen molar-refractivity contribution in [3.8, 4) is 28.8 Å². The molecule has 0 amide bonds. The standard InChI is InChI=1S/C21H19ClF2N6O5S/c1-10-6-13(27-9-26-10)16-12(22)5-4-11-14(7-25-17(11)16)36(31,32)30-21-28-19(33-2)18(20(29-21)34-3)35-8-15(23)24/h4-7,9,15,25H,8H2,1-3H3,(H,28,29,30). The number of H-pyrrole nitrogens is 1. The molecule has 15 heteroatoms. The van der Waals surface area contributed by atoms with Gasteiger partial charge in [-0.05, 0) is 25.1 Å². The Hall–Kier alpha value is -3.78. The van der Waals surface area contributed by atoms with Crippen LogP contribution in [0.3, 0.4) is 0 Å². The van der Waals surface area contributed by atoms with E-state index in [1.165, 1.54) is 26.7 Å². The third-order valence-electron chi connectivity index (χ3n) is 4.89. The molecule has 3 aromatic heterocycles. The predicted octanol–water partition coefficient (Wildman–Crippen LogP) is 3.84. The molecule has 0 spiro atoms. The zero-order valence-corrected chi connectivity index (χ0v) is 20.6. The van der Waals surface area contributed by atoms with E-state index in [-0.39, 0.29) is 22.4 Å². The highest BCUT2D eigenvalue weighted by Gasteiger charge is 2.26. The Morgan fingerprint density at radius 2 is 1.83 bits per heavy atom. The largest absolute Gasteiger partial charge is 0.478 e. The van der Waals surface area contributed by atoms with Crippen LogP contribution in [0.15, 0.2) is 35.6 Å². The number of aryl methyl sites for hydroxylation is 1. The van der Waals surface area contributed by atoms with E-state index in [9.17, 15) is 17.2 Å². The van der Waals surface area contributed by atoms with E-state index in [0.29, 0.717) is 32.9 Å². The van der Waals surface area contributed by atoms with Gasteiger partial charge in [0.15, 0.2) is 0 Å². The van der Waals surface area contributed by atoms with Crippen molar-refractivity contribution in [3.63, 3.8) is 0 Å². The van der Waals surface area contributed by atoms with Gasteiger partial charge in [0.1, 0.15) is 17.8 Å². The second kappa shape index (κ2) is 10.1. The van der Waals surface area contributed by atoms with Crippen LogP contribution in [0.4, 0.5) is 14.7 Å². The molecule has 36 heavy (non-hydrogen) atoms. The van der Waals surface area contributed by atoms with Gasteiger partial charge in [-0.2, -0.15) is 9.97 Å². The number of alkyl halides is 2. The molecule has 0 atom stereocenters. The number of hydrogen-bond donors (Lipinski definition) is 2. The Bertz CT molecular complexity index is 1510. The van der Waals surface area contributed by atoms with Crippen LogP contribution in [0.2, 0.25) is 5.02 Å². The summed E-state index contributed by atoms with van der Waals surface area (Å²) < 4.78 is 69.1. The van der Waals surface area contributed by atoms with Crippen molar-refractivity contribution in [1.82, 2.24) is 24.9 Å². The fraction of sp³-hybridized carbons (Fsp3) is 0.238. The van der Waals surface area contributed by atoms with Gasteiger partial charge in [0.2, 0.25) is 11.7 Å². The van der Waals surface area contributed by atoms with E-state index >= 15 is 0 Å². The first-order valence-corrected chi connectivity index (χ1v) is 12.0. The summed E-state index contributed by atoms with van der Waals surface area (Å²) in [6.45, 7) is 0.827. The van der Waals surface area contributed by atoms with Crippen molar-refractivity contribution in [2.45, 2.75) is 18.2 Å². The molecule has 4 rings (SSSR count). The zero-order chi connectivity index (χ0) is 26.0. The Morgan fingerprint density at radius 1 is 1.14 bits per heavy atom. The summed E-state index contributed by atoms with van der Waals surface area (Å²) >= 11 is 6.42. The van der Waals surface area contributed by atoms with E-state index in [4.69, 9.17) is 25.8 Å². The average molecular weight is 541 g/mol. The SMILES string of the molecule is COc1nc(NS(=O)(=O)c2c[nH]c3c(-c4cc(C)ncn4)c(Cl)ccc23)nc(OC)c1OCC(F)F. The van der Waals surface area contributed by atoms with Crippen LogP contribution in [0.1, 0.15) is 5.69 Å². The maximum absolute atomic E-state index is 13.3. The molecule has 1 aromatic carbocycles. The van der Waals surface area contributed by atoms with Crippen molar-refractivity contribution in [2.24, 2.45) is 0 Å². The second-order valence-corrected chi connectivity index (χ2v) is 9.30. The second-order valence-electron chi connectivity index (χ2n) is 7.24. The highest BCUT2D eigenvalue weighted by molar-refractivity contribution is 7.93. The number of sulfonamides is 1. The maximum atomic E-state index is 13.3. The minimum absolute atomic E-state index is 0.124. The molecule has 0 saturated carbocycles. The first-order valence-electron chi connectivity index (χ1n) is 10.2. The van der Waals surface area contributed by atoms with Crippen molar-refractivity contribution in [3.05, 3.63) is 41.4 Å². The fourth-order valence-corrected chi connectivity index (χ4v) is 4.76. The first-order chi connectivity index (χ1) is 17.1. The molecule has 4 aromatic rings. The predicted molar refractivity (Wildman–Crippen MR) is 127 cm³/mol. The average Bonchev–Trinajstić information content (AvgIpc) is 3.27. The third kappa shape index (κ3) is 4.95. The van der Waals surface area contributed by atoms with Gasteiger partial charge in [-0.3, -0.25) is 0 Å². The summed E-state index contributed by atoms with van der Waals surface area (Å²) in [6.07, 6.45) is -0.103. The van der Waals surface area contributed by atoms with Gasteiger partial charge in [-0.25, -0.2) is 31.9 Å². The fourth-order valence-electron chi connectivity index (χ4n) is 3.39. The monoisotopic (exact) mass is 540 g/mol. The van der Waals surface area contributed by atoms with Crippen LogP contribution in [0.25, 0.3) is 22.2 Å². The highest BCUT2D eigenvalue weighted by atomic mass is 35.5. The number of anilines is 1. The van der Waals surface area contributed by atoms with E-state index in [1.807, 2.05) is 0 Å². The van der Waals surface area contributed by atoms with Gasteiger partial charge in [-0.15, -0.1) is 0 Å². The lowest BCUT2D eigenvalue weighted by atomic mass is 10.1. The van der Waals surface area contributed by atoms with Crippen LogP contribution in [0, 0.1) is 6.92 Å². The van der Waals surface area contributed by atoms with Gasteiger partial charge in [0, 0.05) is 22.8 Å². The summed E-state index contributed by atoms with van der Waals surface area (Å²) in [4.78, 5) is 19.0. The van der Waals surface area contributed by atoms with Crippen molar-refractivity contribution in [2.75, 3.05) is 25.5 Å². The summed E-state index contributed by atoms with van der Waals surface area (Å²) in [7, 11) is -1.85. The van der Waals surface area contributed by atoms with Crippen LogP contribution in [-0.4, -0.2) is 60.6 Å². The minimum Gasteiger partial charge on any atom is -0.478 e. The van der Waals surface area contributed by atoms with Crippen LogP contribution in [-0.2, 0) is 10.0 Å². The zero-order valence-electron chi connectivity index (χ0n) is 19.0. The molecule has 0 aliphatic rings. The number of halogens is 3. The normalized spacial score (nSPS) is 11.6. The number of aromatic nitrogens is 5. The summed E-state index contributed by atoms with van der Waals surface area (Å²) in [6, 6.07) is 4.82. The lowest BCUT2D eigenvalue weighted by Crippen LogP contribution is -2.16. The van der Waals surface area contributed by atoms with Gasteiger partial charge >= 0.3 is 0 Å². The molecule has 0 bridgehead atoms. The molecular weight excluding hydrogens is 522 g/mol. The van der Waals surface area contributed by atoms with Crippen molar-refractivity contribution in [1.29, 1.82) is 0 Å².